The number of nitrogens with one attached hydrogen (secondary N) is 1. The number of rotatable bonds is 5. The van der Waals surface area contributed by atoms with Crippen LogP contribution in [0.5, 0.6) is 0 Å². The van der Waals surface area contributed by atoms with Crippen LogP contribution in [0, 0.1) is 12.8 Å². The van der Waals surface area contributed by atoms with Crippen molar-refractivity contribution >= 4 is 40.1 Å². The second-order valence-corrected chi connectivity index (χ2v) is 9.73. The maximum absolute atomic E-state index is 13.4. The van der Waals surface area contributed by atoms with Crippen LogP contribution in [0.4, 0.5) is 0 Å². The standard InChI is InChI=1S/C25H24Cl2N6O2/c1-15-19(12-17(26)13-28-15)24(34)29-18-8-6-16(7-9-18)14-32-20-4-2-3-5-21(20)33(25(32)35)23-11-10-22(27)30-31-23/h2-5,10-13,16,18H,6-9,14H2,1H3,(H,29,34). The molecule has 0 aliphatic heterocycles. The monoisotopic (exact) mass is 510 g/mol. The van der Waals surface area contributed by atoms with Crippen molar-refractivity contribution in [2.75, 3.05) is 0 Å². The highest BCUT2D eigenvalue weighted by atomic mass is 35.5. The predicted octanol–water partition coefficient (Wildman–Crippen LogP) is 4.58. The minimum absolute atomic E-state index is 0.0829. The molecule has 180 valence electrons. The third-order valence-electron chi connectivity index (χ3n) is 6.60. The number of imidazole rings is 1. The van der Waals surface area contributed by atoms with Gasteiger partial charge in [0.2, 0.25) is 0 Å². The molecule has 1 N–H and O–H groups in total. The first-order chi connectivity index (χ1) is 16.9. The van der Waals surface area contributed by atoms with Crippen molar-refractivity contribution in [3.63, 3.8) is 0 Å². The summed E-state index contributed by atoms with van der Waals surface area (Å²) in [6.45, 7) is 2.40. The Morgan fingerprint density at radius 1 is 1.06 bits per heavy atom. The minimum Gasteiger partial charge on any atom is -0.349 e. The Morgan fingerprint density at radius 3 is 2.51 bits per heavy atom. The fourth-order valence-electron chi connectivity index (χ4n) is 4.78. The topological polar surface area (TPSA) is 94.7 Å². The molecule has 1 aliphatic carbocycles. The van der Waals surface area contributed by atoms with Gasteiger partial charge in [0.15, 0.2) is 11.0 Å². The number of hydrogen-bond donors (Lipinski definition) is 1. The molecule has 3 aromatic heterocycles. The van der Waals surface area contributed by atoms with E-state index in [1.165, 1.54) is 6.20 Å². The van der Waals surface area contributed by atoms with Gasteiger partial charge in [-0.3, -0.25) is 14.3 Å². The van der Waals surface area contributed by atoms with E-state index in [4.69, 9.17) is 23.2 Å². The zero-order chi connectivity index (χ0) is 24.5. The molecule has 4 aromatic rings. The summed E-state index contributed by atoms with van der Waals surface area (Å²) >= 11 is 11.9. The molecule has 8 nitrogen and oxygen atoms in total. The Hall–Kier alpha value is -3.23. The molecule has 5 rings (SSSR count). The van der Waals surface area contributed by atoms with E-state index < -0.39 is 0 Å². The molecular formula is C25H24Cl2N6O2. The van der Waals surface area contributed by atoms with E-state index in [0.29, 0.717) is 34.6 Å². The Morgan fingerprint density at radius 2 is 1.80 bits per heavy atom. The lowest BCUT2D eigenvalue weighted by Gasteiger charge is -2.29. The second kappa shape index (κ2) is 9.79. The molecule has 1 saturated carbocycles. The molecule has 1 aromatic carbocycles. The summed E-state index contributed by atoms with van der Waals surface area (Å²) in [5.41, 5.74) is 2.64. The van der Waals surface area contributed by atoms with Crippen molar-refractivity contribution in [2.24, 2.45) is 5.92 Å². The lowest BCUT2D eigenvalue weighted by Crippen LogP contribution is -2.39. The van der Waals surface area contributed by atoms with Gasteiger partial charge in [0.05, 0.1) is 27.3 Å². The first-order valence-corrected chi connectivity index (χ1v) is 12.3. The lowest BCUT2D eigenvalue weighted by atomic mass is 9.85. The van der Waals surface area contributed by atoms with Gasteiger partial charge in [-0.1, -0.05) is 35.3 Å². The molecule has 0 unspecified atom stereocenters. The average molecular weight is 511 g/mol. The normalized spacial score (nSPS) is 18.0. The van der Waals surface area contributed by atoms with Crippen LogP contribution in [0.2, 0.25) is 10.2 Å². The SMILES string of the molecule is Cc1ncc(Cl)cc1C(=O)NC1CCC(Cn2c(=O)n(-c3ccc(Cl)nn3)c3ccccc32)CC1. The number of amides is 1. The molecule has 0 bridgehead atoms. The van der Waals surface area contributed by atoms with Crippen molar-refractivity contribution in [1.82, 2.24) is 29.6 Å². The highest BCUT2D eigenvalue weighted by Crippen LogP contribution is 2.27. The van der Waals surface area contributed by atoms with Gasteiger partial charge >= 0.3 is 5.69 Å². The van der Waals surface area contributed by atoms with Crippen LogP contribution in [0.3, 0.4) is 0 Å². The van der Waals surface area contributed by atoms with E-state index >= 15 is 0 Å². The van der Waals surface area contributed by atoms with Crippen LogP contribution in [0.1, 0.15) is 41.7 Å². The van der Waals surface area contributed by atoms with Crippen molar-refractivity contribution in [3.8, 4) is 5.82 Å². The van der Waals surface area contributed by atoms with Gasteiger partial charge < -0.3 is 5.32 Å². The first-order valence-electron chi connectivity index (χ1n) is 11.5. The summed E-state index contributed by atoms with van der Waals surface area (Å²) in [5.74, 6) is 0.613. The largest absolute Gasteiger partial charge is 0.349 e. The molecule has 1 amide bonds. The van der Waals surface area contributed by atoms with E-state index in [0.717, 1.165) is 36.7 Å². The van der Waals surface area contributed by atoms with Crippen molar-refractivity contribution in [1.29, 1.82) is 0 Å². The van der Waals surface area contributed by atoms with Gasteiger partial charge in [-0.05, 0) is 68.9 Å². The number of fused-ring (bicyclic) bond motifs is 1. The van der Waals surface area contributed by atoms with E-state index in [1.54, 1.807) is 29.7 Å². The maximum Gasteiger partial charge on any atom is 0.334 e. The van der Waals surface area contributed by atoms with Crippen LogP contribution < -0.4 is 11.0 Å². The van der Waals surface area contributed by atoms with Crippen molar-refractivity contribution in [2.45, 2.75) is 45.2 Å². The Labute approximate surface area is 211 Å². The van der Waals surface area contributed by atoms with Gasteiger partial charge in [-0.25, -0.2) is 9.36 Å². The Balaban J connectivity index is 1.30. The highest BCUT2D eigenvalue weighted by molar-refractivity contribution is 6.30. The second-order valence-electron chi connectivity index (χ2n) is 8.91. The summed E-state index contributed by atoms with van der Waals surface area (Å²) in [5, 5.41) is 11.8. The molecule has 1 aliphatic rings. The first kappa shape index (κ1) is 23.5. The third kappa shape index (κ3) is 4.81. The molecule has 3 heterocycles. The molecule has 10 heteroatoms. The molecular weight excluding hydrogens is 487 g/mol. The number of aryl methyl sites for hydroxylation is 1. The zero-order valence-corrected chi connectivity index (χ0v) is 20.6. The molecule has 0 spiro atoms. The van der Waals surface area contributed by atoms with Gasteiger partial charge in [0.25, 0.3) is 5.91 Å². The van der Waals surface area contributed by atoms with Crippen molar-refractivity contribution < 1.29 is 4.79 Å². The molecule has 0 saturated heterocycles. The summed E-state index contributed by atoms with van der Waals surface area (Å²) in [7, 11) is 0. The molecule has 35 heavy (non-hydrogen) atoms. The maximum atomic E-state index is 13.4. The summed E-state index contributed by atoms with van der Waals surface area (Å²) in [4.78, 5) is 30.3. The summed E-state index contributed by atoms with van der Waals surface area (Å²) in [6.07, 6.45) is 5.05. The number of pyridine rings is 1. The Kier molecular flexibility index (Phi) is 6.58. The number of hydrogen-bond acceptors (Lipinski definition) is 5. The lowest BCUT2D eigenvalue weighted by molar-refractivity contribution is 0.0919. The molecule has 0 atom stereocenters. The minimum atomic E-state index is -0.151. The zero-order valence-electron chi connectivity index (χ0n) is 19.1. The fraction of sp³-hybridized carbons (Fsp3) is 0.320. The number of nitrogens with zero attached hydrogens (tertiary/aromatic N) is 5. The van der Waals surface area contributed by atoms with Gasteiger partial charge in [0, 0.05) is 18.8 Å². The number of carbonyl (C=O) groups excluding carboxylic acids is 1. The third-order valence-corrected chi connectivity index (χ3v) is 7.01. The molecule has 1 fully saturated rings. The highest BCUT2D eigenvalue weighted by Gasteiger charge is 2.26. The van der Waals surface area contributed by atoms with E-state index in [2.05, 4.69) is 20.5 Å². The van der Waals surface area contributed by atoms with Crippen molar-refractivity contribution in [3.05, 3.63) is 80.6 Å². The summed E-state index contributed by atoms with van der Waals surface area (Å²) in [6, 6.07) is 12.7. The van der Waals surface area contributed by atoms with E-state index in [1.807, 2.05) is 28.8 Å². The van der Waals surface area contributed by atoms with Crippen LogP contribution in [0.15, 0.2) is 53.5 Å². The van der Waals surface area contributed by atoms with Crippen LogP contribution >= 0.6 is 23.2 Å². The number of para-hydroxylation sites is 2. The molecule has 0 radical (unpaired) electrons. The van der Waals surface area contributed by atoms with Gasteiger partial charge in [0.1, 0.15) is 0 Å². The van der Waals surface area contributed by atoms with Gasteiger partial charge in [-0.2, -0.15) is 0 Å². The fourth-order valence-corrected chi connectivity index (χ4v) is 5.04. The van der Waals surface area contributed by atoms with Crippen LogP contribution in [-0.2, 0) is 6.54 Å². The number of halogens is 2. The summed E-state index contributed by atoms with van der Waals surface area (Å²) < 4.78 is 3.39. The number of aromatic nitrogens is 5. The predicted molar refractivity (Wildman–Crippen MR) is 135 cm³/mol. The van der Waals surface area contributed by atoms with E-state index in [-0.39, 0.29) is 22.8 Å². The van der Waals surface area contributed by atoms with Crippen LogP contribution in [-0.4, -0.2) is 36.3 Å². The van der Waals surface area contributed by atoms with Crippen LogP contribution in [0.25, 0.3) is 16.9 Å². The van der Waals surface area contributed by atoms with Gasteiger partial charge in [-0.15, -0.1) is 10.2 Å². The average Bonchev–Trinajstić information content (AvgIpc) is 3.13. The quantitative estimate of drug-likeness (QED) is 0.423. The Bertz CT molecular complexity index is 1440. The smallest absolute Gasteiger partial charge is 0.334 e. The number of carbonyl (C=O) groups is 1. The number of benzene rings is 1. The van der Waals surface area contributed by atoms with E-state index in [9.17, 15) is 9.59 Å².